The molecule has 0 aliphatic heterocycles. The maximum absolute atomic E-state index is 13.2. The van der Waals surface area contributed by atoms with Crippen LogP contribution in [0.2, 0.25) is 5.02 Å². The van der Waals surface area contributed by atoms with Gasteiger partial charge in [0.25, 0.3) is 15.9 Å². The molecule has 0 aromatic heterocycles. The lowest BCUT2D eigenvalue weighted by molar-refractivity contribution is -0.119. The van der Waals surface area contributed by atoms with Gasteiger partial charge >= 0.3 is 0 Å². The molecule has 0 unspecified atom stereocenters. The van der Waals surface area contributed by atoms with E-state index in [1.807, 2.05) is 0 Å². The molecule has 0 saturated carbocycles. The van der Waals surface area contributed by atoms with E-state index in [0.29, 0.717) is 10.6 Å². The number of phenols is 1. The molecule has 3 aromatic carbocycles. The Kier molecular flexibility index (Phi) is 7.34. The number of halogens is 1. The SMILES string of the molecule is COc1cc(/C=N/NC(=O)CN(c2cccc(Cl)c2)S(=O)(=O)c2ccccc2)ccc1O. The number of hydrazone groups is 1. The number of nitrogens with zero attached hydrogens (tertiary/aromatic N) is 2. The van der Waals surface area contributed by atoms with Gasteiger partial charge in [0.15, 0.2) is 11.5 Å². The molecule has 0 aliphatic rings. The van der Waals surface area contributed by atoms with E-state index in [1.165, 1.54) is 43.7 Å². The minimum absolute atomic E-state index is 0.0306. The molecule has 0 radical (unpaired) electrons. The first-order chi connectivity index (χ1) is 15.3. The van der Waals surface area contributed by atoms with Crippen molar-refractivity contribution in [2.24, 2.45) is 5.10 Å². The number of nitrogens with one attached hydrogen (secondary N) is 1. The maximum atomic E-state index is 13.2. The van der Waals surface area contributed by atoms with Crippen molar-refractivity contribution in [2.75, 3.05) is 18.0 Å². The minimum atomic E-state index is -4.04. The first kappa shape index (κ1) is 23.1. The van der Waals surface area contributed by atoms with Crippen LogP contribution in [-0.2, 0) is 14.8 Å². The minimum Gasteiger partial charge on any atom is -0.504 e. The summed E-state index contributed by atoms with van der Waals surface area (Å²) in [5, 5.41) is 13.8. The number of aromatic hydroxyl groups is 1. The van der Waals surface area contributed by atoms with Crippen LogP contribution in [0.1, 0.15) is 5.56 Å². The molecule has 32 heavy (non-hydrogen) atoms. The van der Waals surface area contributed by atoms with Gasteiger partial charge < -0.3 is 9.84 Å². The van der Waals surface area contributed by atoms with Crippen LogP contribution in [0.15, 0.2) is 82.8 Å². The topological polar surface area (TPSA) is 108 Å². The molecule has 0 heterocycles. The zero-order valence-electron chi connectivity index (χ0n) is 17.0. The Morgan fingerprint density at radius 3 is 2.56 bits per heavy atom. The van der Waals surface area contributed by atoms with Crippen molar-refractivity contribution in [1.29, 1.82) is 0 Å². The summed E-state index contributed by atoms with van der Waals surface area (Å²) < 4.78 is 32.4. The van der Waals surface area contributed by atoms with E-state index in [9.17, 15) is 18.3 Å². The molecule has 8 nitrogen and oxygen atoms in total. The number of amides is 1. The van der Waals surface area contributed by atoms with Crippen molar-refractivity contribution in [3.8, 4) is 11.5 Å². The Bertz CT molecular complexity index is 1230. The van der Waals surface area contributed by atoms with E-state index in [2.05, 4.69) is 10.5 Å². The van der Waals surface area contributed by atoms with Crippen molar-refractivity contribution in [3.63, 3.8) is 0 Å². The molecule has 0 aliphatic carbocycles. The average Bonchev–Trinajstić information content (AvgIpc) is 2.79. The summed E-state index contributed by atoms with van der Waals surface area (Å²) in [6, 6.07) is 18.5. The third kappa shape index (κ3) is 5.57. The molecule has 0 saturated heterocycles. The zero-order chi connectivity index (χ0) is 23.1. The summed E-state index contributed by atoms with van der Waals surface area (Å²) in [5.41, 5.74) is 3.11. The lowest BCUT2D eigenvalue weighted by atomic mass is 10.2. The van der Waals surface area contributed by atoms with E-state index in [1.54, 1.807) is 42.5 Å². The van der Waals surface area contributed by atoms with Gasteiger partial charge in [-0.1, -0.05) is 35.9 Å². The molecular formula is C22H20ClN3O5S. The van der Waals surface area contributed by atoms with E-state index in [4.69, 9.17) is 16.3 Å². The van der Waals surface area contributed by atoms with Crippen molar-refractivity contribution in [3.05, 3.63) is 83.4 Å². The number of rotatable bonds is 8. The van der Waals surface area contributed by atoms with Crippen molar-refractivity contribution in [2.45, 2.75) is 4.90 Å². The highest BCUT2D eigenvalue weighted by Crippen LogP contribution is 2.26. The number of methoxy groups -OCH3 is 1. The predicted molar refractivity (Wildman–Crippen MR) is 123 cm³/mol. The first-order valence-corrected chi connectivity index (χ1v) is 11.2. The smallest absolute Gasteiger partial charge is 0.264 e. The van der Waals surface area contributed by atoms with Crippen LogP contribution in [-0.4, -0.2) is 39.3 Å². The number of sulfonamides is 1. The number of phenolic OH excluding ortho intramolecular Hbond substituents is 1. The molecule has 0 fully saturated rings. The van der Waals surface area contributed by atoms with Gasteiger partial charge in [0.1, 0.15) is 6.54 Å². The largest absolute Gasteiger partial charge is 0.504 e. The average molecular weight is 474 g/mol. The van der Waals surface area contributed by atoms with Crippen molar-refractivity contribution < 1.29 is 23.1 Å². The fraction of sp³-hybridized carbons (Fsp3) is 0.0909. The van der Waals surface area contributed by atoms with Gasteiger partial charge in [0, 0.05) is 5.02 Å². The monoisotopic (exact) mass is 473 g/mol. The molecule has 0 atom stereocenters. The summed E-state index contributed by atoms with van der Waals surface area (Å²) in [5.74, 6) is -0.440. The molecule has 0 spiro atoms. The summed E-state index contributed by atoms with van der Waals surface area (Å²) in [6.07, 6.45) is 1.34. The van der Waals surface area contributed by atoms with Crippen LogP contribution in [0.25, 0.3) is 0 Å². The van der Waals surface area contributed by atoms with Gasteiger partial charge in [-0.25, -0.2) is 13.8 Å². The fourth-order valence-electron chi connectivity index (χ4n) is 2.79. The first-order valence-electron chi connectivity index (χ1n) is 9.33. The van der Waals surface area contributed by atoms with E-state index >= 15 is 0 Å². The van der Waals surface area contributed by atoms with Crippen LogP contribution in [0.5, 0.6) is 11.5 Å². The Morgan fingerprint density at radius 2 is 1.88 bits per heavy atom. The molecule has 3 rings (SSSR count). The second-order valence-corrected chi connectivity index (χ2v) is 8.83. The molecule has 0 bridgehead atoms. The lowest BCUT2D eigenvalue weighted by Crippen LogP contribution is -2.39. The van der Waals surface area contributed by atoms with Gasteiger partial charge in [-0.05, 0) is 54.1 Å². The predicted octanol–water partition coefficient (Wildman–Crippen LogP) is 3.40. The zero-order valence-corrected chi connectivity index (χ0v) is 18.5. The molecule has 2 N–H and O–H groups in total. The maximum Gasteiger partial charge on any atom is 0.264 e. The van der Waals surface area contributed by atoms with Gasteiger partial charge in [-0.3, -0.25) is 9.10 Å². The van der Waals surface area contributed by atoms with Gasteiger partial charge in [-0.15, -0.1) is 0 Å². The Hall–Kier alpha value is -3.56. The summed E-state index contributed by atoms with van der Waals surface area (Å²) >= 11 is 6.04. The number of hydrogen-bond acceptors (Lipinski definition) is 6. The molecule has 10 heteroatoms. The summed E-state index contributed by atoms with van der Waals surface area (Å²) in [4.78, 5) is 12.6. The fourth-order valence-corrected chi connectivity index (χ4v) is 4.40. The van der Waals surface area contributed by atoms with Crippen LogP contribution in [0, 0.1) is 0 Å². The van der Waals surface area contributed by atoms with E-state index in [0.717, 1.165) is 4.31 Å². The van der Waals surface area contributed by atoms with E-state index < -0.39 is 22.5 Å². The quantitative estimate of drug-likeness (QED) is 0.385. The third-order valence-corrected chi connectivity index (χ3v) is 6.34. The van der Waals surface area contributed by atoms with Gasteiger partial charge in [0.2, 0.25) is 0 Å². The van der Waals surface area contributed by atoms with Crippen molar-refractivity contribution >= 4 is 39.4 Å². The summed E-state index contributed by atoms with van der Waals surface area (Å²) in [7, 11) is -2.63. The number of anilines is 1. The van der Waals surface area contributed by atoms with Crippen molar-refractivity contribution in [1.82, 2.24) is 5.43 Å². The van der Waals surface area contributed by atoms with Crippen LogP contribution >= 0.6 is 11.6 Å². The lowest BCUT2D eigenvalue weighted by Gasteiger charge is -2.23. The Labute approximate surface area is 190 Å². The number of hydrogen-bond donors (Lipinski definition) is 2. The highest BCUT2D eigenvalue weighted by atomic mass is 35.5. The number of benzene rings is 3. The standard InChI is InChI=1S/C22H20ClN3O5S/c1-31-21-12-16(10-11-20(21)27)14-24-25-22(28)15-26(18-7-5-6-17(23)13-18)32(29,30)19-8-3-2-4-9-19/h2-14,27H,15H2,1H3,(H,25,28)/b24-14+. The number of carbonyl (C=O) groups is 1. The molecular weight excluding hydrogens is 454 g/mol. The van der Waals surface area contributed by atoms with Gasteiger partial charge in [0.05, 0.1) is 23.9 Å². The molecule has 166 valence electrons. The van der Waals surface area contributed by atoms with E-state index in [-0.39, 0.29) is 22.1 Å². The summed E-state index contributed by atoms with van der Waals surface area (Å²) in [6.45, 7) is -0.520. The van der Waals surface area contributed by atoms with Crippen LogP contribution in [0.4, 0.5) is 5.69 Å². The third-order valence-electron chi connectivity index (χ3n) is 4.32. The Morgan fingerprint density at radius 1 is 1.12 bits per heavy atom. The van der Waals surface area contributed by atoms with Crippen LogP contribution < -0.4 is 14.5 Å². The highest BCUT2D eigenvalue weighted by molar-refractivity contribution is 7.92. The second kappa shape index (κ2) is 10.2. The number of carbonyl (C=O) groups excluding carboxylic acids is 1. The Balaban J connectivity index is 1.81. The molecule has 3 aromatic rings. The number of ether oxygens (including phenoxy) is 1. The normalized spacial score (nSPS) is 11.3. The van der Waals surface area contributed by atoms with Gasteiger partial charge in [-0.2, -0.15) is 5.10 Å². The van der Waals surface area contributed by atoms with Crippen LogP contribution in [0.3, 0.4) is 0 Å². The molecule has 1 amide bonds. The highest BCUT2D eigenvalue weighted by Gasteiger charge is 2.27. The second-order valence-electron chi connectivity index (χ2n) is 6.53.